The normalized spacial score (nSPS) is 14.8. The van der Waals surface area contributed by atoms with Gasteiger partial charge < -0.3 is 9.52 Å². The number of nitrogens with zero attached hydrogens (tertiary/aromatic N) is 2. The lowest BCUT2D eigenvalue weighted by Crippen LogP contribution is -2.35. The highest BCUT2D eigenvalue weighted by Crippen LogP contribution is 2.31. The Morgan fingerprint density at radius 1 is 1.21 bits per heavy atom. The molecule has 2 heterocycles. The third kappa shape index (κ3) is 3.43. The van der Waals surface area contributed by atoms with Gasteiger partial charge >= 0.3 is 12.2 Å². The van der Waals surface area contributed by atoms with Gasteiger partial charge in [-0.1, -0.05) is 12.1 Å². The van der Waals surface area contributed by atoms with E-state index in [2.05, 4.69) is 15.7 Å². The molecule has 126 valence electrons. The molecule has 0 atom stereocenters. The van der Waals surface area contributed by atoms with Gasteiger partial charge in [0.25, 0.3) is 0 Å². The van der Waals surface area contributed by atoms with Gasteiger partial charge in [-0.3, -0.25) is 15.9 Å². The van der Waals surface area contributed by atoms with Crippen molar-refractivity contribution in [2.24, 2.45) is 0 Å². The van der Waals surface area contributed by atoms with Gasteiger partial charge in [-0.05, 0) is 12.1 Å². The topological polar surface area (TPSA) is 93.8 Å². The highest BCUT2D eigenvalue weighted by atomic mass is 19.4. The minimum Gasteiger partial charge on any atom is -0.506 e. The maximum atomic E-state index is 12.5. The van der Waals surface area contributed by atoms with Crippen LogP contribution < -0.4 is 10.7 Å². The first kappa shape index (κ1) is 15.7. The van der Waals surface area contributed by atoms with E-state index in [1.807, 2.05) is 0 Å². The summed E-state index contributed by atoms with van der Waals surface area (Å²) in [4.78, 5) is 3.93. The summed E-state index contributed by atoms with van der Waals surface area (Å²) in [5, 5.41) is 21.8. The summed E-state index contributed by atoms with van der Waals surface area (Å²) in [5.41, 5.74) is 2.10. The number of nitrogens with one attached hydrogen (secondary N) is 2. The number of hydrogen-bond acceptors (Lipinski definition) is 7. The zero-order valence-electron chi connectivity index (χ0n) is 11.9. The predicted octanol–water partition coefficient (Wildman–Crippen LogP) is 3.22. The average molecular weight is 340 g/mol. The number of hydrogen-bond donors (Lipinski definition) is 4. The molecule has 1 aliphatic heterocycles. The second-order valence-electron chi connectivity index (χ2n) is 4.80. The second-order valence-corrected chi connectivity index (χ2v) is 4.80. The molecule has 0 unspecified atom stereocenters. The number of anilines is 1. The smallest absolute Gasteiger partial charge is 0.416 e. The molecule has 4 N–H and O–H groups in total. The number of oxazole rings is 1. The van der Waals surface area contributed by atoms with Crippen molar-refractivity contribution < 1.29 is 27.9 Å². The molecule has 0 saturated heterocycles. The Morgan fingerprint density at radius 3 is 2.54 bits per heavy atom. The Kier molecular flexibility index (Phi) is 3.81. The number of aromatic nitrogens is 1. The molecule has 1 aliphatic rings. The van der Waals surface area contributed by atoms with Crippen LogP contribution in [0, 0.1) is 0 Å². The fourth-order valence-corrected chi connectivity index (χ4v) is 1.97. The SMILES string of the molecule is OC1=CN(O)NC(Nc2ncc(-c3ccc(C(F)(F)F)cc3)o2)=C1. The molecule has 3 rings (SSSR count). The number of hydrazine groups is 1. The fraction of sp³-hybridized carbons (Fsp3) is 0.0714. The van der Waals surface area contributed by atoms with Crippen LogP contribution in [0.25, 0.3) is 11.3 Å². The Hall–Kier alpha value is -3.14. The lowest BCUT2D eigenvalue weighted by atomic mass is 10.1. The number of halogens is 3. The van der Waals surface area contributed by atoms with Gasteiger partial charge in [0, 0.05) is 11.6 Å². The summed E-state index contributed by atoms with van der Waals surface area (Å²) in [7, 11) is 0. The Bertz CT molecular complexity index is 796. The van der Waals surface area contributed by atoms with Gasteiger partial charge in [0.2, 0.25) is 0 Å². The van der Waals surface area contributed by atoms with E-state index < -0.39 is 11.7 Å². The predicted molar refractivity (Wildman–Crippen MR) is 76.1 cm³/mol. The number of aliphatic hydroxyl groups excluding tert-OH is 1. The largest absolute Gasteiger partial charge is 0.506 e. The number of aliphatic hydroxyl groups is 1. The van der Waals surface area contributed by atoms with Crippen LogP contribution in [0.2, 0.25) is 0 Å². The Labute approximate surface area is 133 Å². The standard InChI is InChI=1S/C14H11F3N4O3/c15-14(16,17)9-3-1-8(2-4-9)11-6-18-13(24-11)19-12-5-10(22)7-21(23)20-12/h1-7,20,22-23H,(H,18,19). The minimum atomic E-state index is -4.41. The molecule has 1 aromatic heterocycles. The first-order valence-electron chi connectivity index (χ1n) is 6.59. The molecule has 0 saturated carbocycles. The molecule has 0 amide bonds. The van der Waals surface area contributed by atoms with Crippen LogP contribution in [0.5, 0.6) is 0 Å². The van der Waals surface area contributed by atoms with Gasteiger partial charge in [-0.2, -0.15) is 18.3 Å². The van der Waals surface area contributed by atoms with E-state index >= 15 is 0 Å². The molecule has 2 aromatic rings. The van der Waals surface area contributed by atoms with Crippen LogP contribution in [0.3, 0.4) is 0 Å². The van der Waals surface area contributed by atoms with Crippen molar-refractivity contribution in [2.75, 3.05) is 5.32 Å². The lowest BCUT2D eigenvalue weighted by Gasteiger charge is -2.20. The third-order valence-corrected chi connectivity index (χ3v) is 3.03. The molecule has 0 spiro atoms. The zero-order valence-corrected chi connectivity index (χ0v) is 11.9. The molecule has 1 aromatic carbocycles. The van der Waals surface area contributed by atoms with E-state index in [4.69, 9.17) is 4.42 Å². The van der Waals surface area contributed by atoms with E-state index in [1.165, 1.54) is 24.4 Å². The number of alkyl halides is 3. The first-order chi connectivity index (χ1) is 11.3. The fourth-order valence-electron chi connectivity index (χ4n) is 1.97. The van der Waals surface area contributed by atoms with Gasteiger partial charge in [-0.25, -0.2) is 4.98 Å². The van der Waals surface area contributed by atoms with Gasteiger partial charge in [0.1, 0.15) is 11.6 Å². The molecule has 0 aliphatic carbocycles. The van der Waals surface area contributed by atoms with E-state index in [1.54, 1.807) is 0 Å². The molecule has 0 bridgehead atoms. The molecule has 24 heavy (non-hydrogen) atoms. The van der Waals surface area contributed by atoms with E-state index in [0.29, 0.717) is 10.7 Å². The summed E-state index contributed by atoms with van der Waals surface area (Å²) < 4.78 is 43.0. The van der Waals surface area contributed by atoms with Gasteiger partial charge in [0.15, 0.2) is 5.76 Å². The van der Waals surface area contributed by atoms with Crippen molar-refractivity contribution >= 4 is 6.01 Å². The van der Waals surface area contributed by atoms with E-state index in [-0.39, 0.29) is 23.4 Å². The minimum absolute atomic E-state index is 0.0201. The Balaban J connectivity index is 1.75. The maximum absolute atomic E-state index is 12.5. The average Bonchev–Trinajstić information content (AvgIpc) is 2.94. The van der Waals surface area contributed by atoms with Crippen molar-refractivity contribution in [2.45, 2.75) is 6.18 Å². The number of benzene rings is 1. The van der Waals surface area contributed by atoms with Gasteiger partial charge in [0.05, 0.1) is 18.0 Å². The van der Waals surface area contributed by atoms with Gasteiger partial charge in [-0.15, -0.1) is 0 Å². The Morgan fingerprint density at radius 2 is 1.92 bits per heavy atom. The number of rotatable bonds is 3. The van der Waals surface area contributed by atoms with Crippen LogP contribution in [-0.2, 0) is 6.18 Å². The van der Waals surface area contributed by atoms with E-state index in [9.17, 15) is 23.5 Å². The van der Waals surface area contributed by atoms with Crippen molar-refractivity contribution in [3.05, 3.63) is 59.9 Å². The summed E-state index contributed by atoms with van der Waals surface area (Å²) in [6.45, 7) is 0. The van der Waals surface area contributed by atoms with Crippen LogP contribution in [-0.4, -0.2) is 20.5 Å². The summed E-state index contributed by atoms with van der Waals surface area (Å²) in [5.74, 6) is 0.217. The first-order valence-corrected chi connectivity index (χ1v) is 6.59. The summed E-state index contributed by atoms with van der Waals surface area (Å²) in [6.07, 6.45) is -0.776. The monoisotopic (exact) mass is 340 g/mol. The van der Waals surface area contributed by atoms with Crippen LogP contribution >= 0.6 is 0 Å². The van der Waals surface area contributed by atoms with E-state index in [0.717, 1.165) is 18.3 Å². The molecule has 7 nitrogen and oxygen atoms in total. The molecule has 0 radical (unpaired) electrons. The highest BCUT2D eigenvalue weighted by molar-refractivity contribution is 5.58. The van der Waals surface area contributed by atoms with Crippen molar-refractivity contribution in [1.82, 2.24) is 15.6 Å². The second kappa shape index (κ2) is 5.81. The molecule has 0 fully saturated rings. The lowest BCUT2D eigenvalue weighted by molar-refractivity contribution is -0.137. The van der Waals surface area contributed by atoms with Crippen LogP contribution in [0.1, 0.15) is 5.56 Å². The molecular weight excluding hydrogens is 329 g/mol. The maximum Gasteiger partial charge on any atom is 0.416 e. The van der Waals surface area contributed by atoms with Crippen LogP contribution in [0.15, 0.2) is 58.7 Å². The van der Waals surface area contributed by atoms with Crippen molar-refractivity contribution in [3.8, 4) is 11.3 Å². The summed E-state index contributed by atoms with van der Waals surface area (Å²) in [6, 6.07) is 4.46. The third-order valence-electron chi connectivity index (χ3n) is 3.03. The summed E-state index contributed by atoms with van der Waals surface area (Å²) >= 11 is 0. The molecular formula is C14H11F3N4O3. The van der Waals surface area contributed by atoms with Crippen molar-refractivity contribution in [3.63, 3.8) is 0 Å². The number of allylic oxidation sites excluding steroid dienone is 1. The molecule has 10 heteroatoms. The quantitative estimate of drug-likeness (QED) is 0.681. The van der Waals surface area contributed by atoms with Crippen LogP contribution in [0.4, 0.5) is 19.2 Å². The number of hydroxylamine groups is 1. The van der Waals surface area contributed by atoms with Crippen molar-refractivity contribution in [1.29, 1.82) is 0 Å². The zero-order chi connectivity index (χ0) is 17.3. The highest BCUT2D eigenvalue weighted by Gasteiger charge is 2.30.